The van der Waals surface area contributed by atoms with Crippen molar-refractivity contribution in [3.63, 3.8) is 0 Å². The van der Waals surface area contributed by atoms with E-state index in [0.717, 1.165) is 0 Å². The zero-order valence-corrected chi connectivity index (χ0v) is 9.66. The molecule has 2 rings (SSSR count). The minimum absolute atomic E-state index is 0.413. The molecule has 0 aliphatic heterocycles. The fourth-order valence-electron chi connectivity index (χ4n) is 1.49. The highest BCUT2D eigenvalue weighted by atomic mass is 16.5. The summed E-state index contributed by atoms with van der Waals surface area (Å²) in [6.07, 6.45) is 4.80. The molecule has 0 saturated carbocycles. The third kappa shape index (κ3) is 2.36. The van der Waals surface area contributed by atoms with Crippen LogP contribution in [-0.2, 0) is 0 Å². The Hall–Kier alpha value is -2.08. The van der Waals surface area contributed by atoms with Crippen LogP contribution in [-0.4, -0.2) is 27.0 Å². The van der Waals surface area contributed by atoms with Crippen molar-refractivity contribution in [2.75, 3.05) is 7.11 Å². The van der Waals surface area contributed by atoms with Gasteiger partial charge in [0.25, 0.3) is 0 Å². The van der Waals surface area contributed by atoms with Crippen molar-refractivity contribution in [2.45, 2.75) is 13.0 Å². The topological polar surface area (TPSA) is 86.8 Å². The molecule has 2 aromatic heterocycles. The molecule has 1 unspecified atom stereocenters. The van der Waals surface area contributed by atoms with Crippen LogP contribution in [0.4, 0.5) is 0 Å². The molecule has 0 aliphatic carbocycles. The summed E-state index contributed by atoms with van der Waals surface area (Å²) in [5.41, 5.74) is 7.34. The number of hydrogen-bond donors (Lipinski definition) is 1. The molecule has 17 heavy (non-hydrogen) atoms. The maximum absolute atomic E-state index is 6.09. The van der Waals surface area contributed by atoms with Crippen LogP contribution < -0.4 is 10.5 Å². The summed E-state index contributed by atoms with van der Waals surface area (Å²) in [5.74, 6) is 1.08. The van der Waals surface area contributed by atoms with E-state index in [1.165, 1.54) is 7.11 Å². The first-order valence-corrected chi connectivity index (χ1v) is 5.12. The zero-order valence-electron chi connectivity index (χ0n) is 9.66. The van der Waals surface area contributed by atoms with Gasteiger partial charge < -0.3 is 10.5 Å². The fraction of sp³-hybridized carbons (Fsp3) is 0.273. The number of hydrogen-bond acceptors (Lipinski definition) is 6. The molecule has 0 radical (unpaired) electrons. The second-order valence-electron chi connectivity index (χ2n) is 3.46. The van der Waals surface area contributed by atoms with Crippen LogP contribution in [0, 0.1) is 6.92 Å². The van der Waals surface area contributed by atoms with Crippen LogP contribution in [0.3, 0.4) is 0 Å². The smallest absolute Gasteiger partial charge is 0.237 e. The van der Waals surface area contributed by atoms with Gasteiger partial charge in [0.15, 0.2) is 0 Å². The van der Waals surface area contributed by atoms with Gasteiger partial charge in [-0.3, -0.25) is 4.98 Å². The van der Waals surface area contributed by atoms with E-state index in [1.54, 1.807) is 24.7 Å². The Balaban J connectivity index is 2.40. The van der Waals surface area contributed by atoms with Crippen molar-refractivity contribution in [3.8, 4) is 5.88 Å². The van der Waals surface area contributed by atoms with Crippen molar-refractivity contribution in [1.29, 1.82) is 0 Å². The number of nitrogens with two attached hydrogens (primary N) is 1. The molecule has 0 spiro atoms. The van der Waals surface area contributed by atoms with Crippen molar-refractivity contribution in [2.24, 2.45) is 5.73 Å². The zero-order chi connectivity index (χ0) is 12.3. The van der Waals surface area contributed by atoms with Gasteiger partial charge >= 0.3 is 0 Å². The van der Waals surface area contributed by atoms with Gasteiger partial charge in [-0.25, -0.2) is 15.0 Å². The number of methoxy groups -OCH3 is 1. The Morgan fingerprint density at radius 1 is 1.18 bits per heavy atom. The van der Waals surface area contributed by atoms with E-state index in [1.807, 2.05) is 6.92 Å². The summed E-state index contributed by atoms with van der Waals surface area (Å²) >= 11 is 0. The predicted molar refractivity (Wildman–Crippen MR) is 61.4 cm³/mol. The maximum atomic E-state index is 6.09. The highest BCUT2D eigenvalue weighted by Gasteiger charge is 2.17. The minimum Gasteiger partial charge on any atom is -0.480 e. The fourth-order valence-corrected chi connectivity index (χ4v) is 1.49. The van der Waals surface area contributed by atoms with Gasteiger partial charge in [-0.1, -0.05) is 0 Å². The summed E-state index contributed by atoms with van der Waals surface area (Å²) in [6.45, 7) is 1.81. The van der Waals surface area contributed by atoms with Gasteiger partial charge in [0, 0.05) is 18.6 Å². The number of nitrogens with zero attached hydrogens (tertiary/aromatic N) is 4. The van der Waals surface area contributed by atoms with E-state index >= 15 is 0 Å². The van der Waals surface area contributed by atoms with E-state index in [4.69, 9.17) is 10.5 Å². The molecule has 0 aromatic carbocycles. The molecular formula is C11H13N5O. The van der Waals surface area contributed by atoms with Crippen molar-refractivity contribution < 1.29 is 4.74 Å². The highest BCUT2D eigenvalue weighted by Crippen LogP contribution is 2.22. The van der Waals surface area contributed by atoms with E-state index in [2.05, 4.69) is 19.9 Å². The molecule has 0 bridgehead atoms. The Morgan fingerprint density at radius 3 is 2.65 bits per heavy atom. The first kappa shape index (κ1) is 11.4. The lowest BCUT2D eigenvalue weighted by Crippen LogP contribution is -2.17. The molecule has 0 fully saturated rings. The lowest BCUT2D eigenvalue weighted by Gasteiger charge is -2.12. The normalized spacial score (nSPS) is 12.2. The molecule has 2 N–H and O–H groups in total. The van der Waals surface area contributed by atoms with E-state index in [9.17, 15) is 0 Å². The first-order chi connectivity index (χ1) is 8.22. The van der Waals surface area contributed by atoms with Crippen LogP contribution in [0.15, 0.2) is 24.7 Å². The standard InChI is InChI=1S/C11H13N5O/c1-7-13-4-3-8(16-7)9(12)10-11(17-2)15-6-5-14-10/h3-6,9H,12H2,1-2H3. The van der Waals surface area contributed by atoms with E-state index in [0.29, 0.717) is 23.1 Å². The Morgan fingerprint density at radius 2 is 1.94 bits per heavy atom. The Bertz CT molecular complexity index is 517. The summed E-state index contributed by atoms with van der Waals surface area (Å²) in [6, 6.07) is 1.28. The van der Waals surface area contributed by atoms with Crippen molar-refractivity contribution in [3.05, 3.63) is 41.9 Å². The van der Waals surface area contributed by atoms with Crippen LogP contribution in [0.25, 0.3) is 0 Å². The number of rotatable bonds is 3. The summed E-state index contributed by atoms with van der Waals surface area (Å²) in [5, 5.41) is 0. The molecule has 6 nitrogen and oxygen atoms in total. The molecule has 0 saturated heterocycles. The summed E-state index contributed by atoms with van der Waals surface area (Å²) < 4.78 is 5.12. The average molecular weight is 231 g/mol. The highest BCUT2D eigenvalue weighted by molar-refractivity contribution is 5.28. The lowest BCUT2D eigenvalue weighted by atomic mass is 10.1. The van der Waals surface area contributed by atoms with Gasteiger partial charge in [0.2, 0.25) is 5.88 Å². The van der Waals surface area contributed by atoms with Crippen molar-refractivity contribution in [1.82, 2.24) is 19.9 Å². The molecule has 2 heterocycles. The summed E-state index contributed by atoms with van der Waals surface area (Å²) in [4.78, 5) is 16.5. The third-order valence-electron chi connectivity index (χ3n) is 2.30. The average Bonchev–Trinajstić information content (AvgIpc) is 2.38. The van der Waals surface area contributed by atoms with Gasteiger partial charge in [-0.05, 0) is 13.0 Å². The lowest BCUT2D eigenvalue weighted by molar-refractivity contribution is 0.386. The molecule has 0 amide bonds. The Labute approximate surface area is 98.9 Å². The van der Waals surface area contributed by atoms with Crippen LogP contribution >= 0.6 is 0 Å². The predicted octanol–water partition coefficient (Wildman–Crippen LogP) is 0.632. The third-order valence-corrected chi connectivity index (χ3v) is 2.30. The number of aromatic nitrogens is 4. The molecule has 0 aliphatic rings. The van der Waals surface area contributed by atoms with Crippen LogP contribution in [0.2, 0.25) is 0 Å². The molecule has 6 heteroatoms. The van der Waals surface area contributed by atoms with Crippen molar-refractivity contribution >= 4 is 0 Å². The molecular weight excluding hydrogens is 218 g/mol. The Kier molecular flexibility index (Phi) is 3.24. The number of aryl methyl sites for hydroxylation is 1. The largest absolute Gasteiger partial charge is 0.480 e. The molecule has 2 aromatic rings. The van der Waals surface area contributed by atoms with Gasteiger partial charge in [0.05, 0.1) is 18.8 Å². The second-order valence-corrected chi connectivity index (χ2v) is 3.46. The van der Waals surface area contributed by atoms with Crippen LogP contribution in [0.1, 0.15) is 23.3 Å². The van der Waals surface area contributed by atoms with Gasteiger partial charge in [-0.15, -0.1) is 0 Å². The SMILES string of the molecule is COc1nccnc1C(N)c1ccnc(C)n1. The van der Waals surface area contributed by atoms with Gasteiger partial charge in [-0.2, -0.15) is 0 Å². The molecule has 88 valence electrons. The minimum atomic E-state index is -0.472. The number of ether oxygens (including phenoxy) is 1. The molecule has 1 atom stereocenters. The van der Waals surface area contributed by atoms with Gasteiger partial charge in [0.1, 0.15) is 11.5 Å². The van der Waals surface area contributed by atoms with E-state index < -0.39 is 6.04 Å². The van der Waals surface area contributed by atoms with E-state index in [-0.39, 0.29) is 0 Å². The quantitative estimate of drug-likeness (QED) is 0.833. The summed E-state index contributed by atoms with van der Waals surface area (Å²) in [7, 11) is 1.53. The first-order valence-electron chi connectivity index (χ1n) is 5.12. The second kappa shape index (κ2) is 4.84. The maximum Gasteiger partial charge on any atom is 0.237 e. The van der Waals surface area contributed by atoms with Crippen LogP contribution in [0.5, 0.6) is 5.88 Å². The monoisotopic (exact) mass is 231 g/mol.